The number of aryl methyl sites for hydroxylation is 1. The van der Waals surface area contributed by atoms with E-state index in [1.165, 1.54) is 5.56 Å². The number of H-pyrrole nitrogens is 1. The minimum atomic E-state index is -0.169. The number of benzene rings is 1. The Kier molecular flexibility index (Phi) is 3.26. The van der Waals surface area contributed by atoms with Gasteiger partial charge in [0.15, 0.2) is 0 Å². The van der Waals surface area contributed by atoms with Crippen molar-refractivity contribution in [2.45, 2.75) is 13.5 Å². The third-order valence-electron chi connectivity index (χ3n) is 3.87. The summed E-state index contributed by atoms with van der Waals surface area (Å²) in [7, 11) is 1.73. The average molecular weight is 320 g/mol. The summed E-state index contributed by atoms with van der Waals surface area (Å²) in [4.78, 5) is 30.3. The highest BCUT2D eigenvalue weighted by molar-refractivity contribution is 5.92. The van der Waals surface area contributed by atoms with Crippen LogP contribution >= 0.6 is 0 Å². The van der Waals surface area contributed by atoms with E-state index in [1.54, 1.807) is 34.8 Å². The Hall–Kier alpha value is -3.22. The molecule has 4 rings (SSSR count). The predicted octanol–water partition coefficient (Wildman–Crippen LogP) is 2.19. The van der Waals surface area contributed by atoms with E-state index in [1.807, 2.05) is 31.3 Å². The number of imidazole rings is 2. The lowest BCUT2D eigenvalue weighted by molar-refractivity contribution is 0.0777. The van der Waals surface area contributed by atoms with E-state index in [0.29, 0.717) is 18.0 Å². The number of hydrogen-bond donors (Lipinski definition) is 1. The maximum absolute atomic E-state index is 12.6. The SMILES string of the molecule is Cc1ccc2nc(CN(C)C(=O)c3cn4cccnc4n3)[nH]c2c1. The lowest BCUT2D eigenvalue weighted by Gasteiger charge is -2.13. The predicted molar refractivity (Wildman–Crippen MR) is 89.6 cm³/mol. The Morgan fingerprint density at radius 3 is 3.04 bits per heavy atom. The molecular weight excluding hydrogens is 304 g/mol. The Labute approximate surface area is 138 Å². The van der Waals surface area contributed by atoms with Gasteiger partial charge in [0.05, 0.1) is 17.6 Å². The molecule has 0 unspecified atom stereocenters. The molecule has 1 N–H and O–H groups in total. The first kappa shape index (κ1) is 14.4. The van der Waals surface area contributed by atoms with Gasteiger partial charge < -0.3 is 9.88 Å². The van der Waals surface area contributed by atoms with Gasteiger partial charge in [0.1, 0.15) is 11.5 Å². The van der Waals surface area contributed by atoms with E-state index in [-0.39, 0.29) is 5.91 Å². The summed E-state index contributed by atoms with van der Waals surface area (Å²) in [6.07, 6.45) is 5.15. The summed E-state index contributed by atoms with van der Waals surface area (Å²) >= 11 is 0. The van der Waals surface area contributed by atoms with Gasteiger partial charge >= 0.3 is 0 Å². The van der Waals surface area contributed by atoms with Gasteiger partial charge in [-0.25, -0.2) is 15.0 Å². The Morgan fingerprint density at radius 1 is 1.33 bits per heavy atom. The number of fused-ring (bicyclic) bond motifs is 2. The van der Waals surface area contributed by atoms with Crippen LogP contribution in [0, 0.1) is 6.92 Å². The van der Waals surface area contributed by atoms with E-state index < -0.39 is 0 Å². The second-order valence-electron chi connectivity index (χ2n) is 5.82. The van der Waals surface area contributed by atoms with Crippen LogP contribution in [0.5, 0.6) is 0 Å². The lowest BCUT2D eigenvalue weighted by Crippen LogP contribution is -2.27. The van der Waals surface area contributed by atoms with Crippen LogP contribution in [0.4, 0.5) is 0 Å². The van der Waals surface area contributed by atoms with Gasteiger partial charge in [-0.3, -0.25) is 9.20 Å². The highest BCUT2D eigenvalue weighted by Gasteiger charge is 2.17. The first-order chi connectivity index (χ1) is 11.6. The minimum absolute atomic E-state index is 0.169. The molecule has 0 radical (unpaired) electrons. The standard InChI is InChI=1S/C17H16N6O/c1-11-4-5-12-13(8-11)20-15(19-12)10-22(2)16(24)14-9-23-7-3-6-18-17(23)21-14/h3-9H,10H2,1-2H3,(H,19,20). The number of nitrogens with zero attached hydrogens (tertiary/aromatic N) is 5. The average Bonchev–Trinajstić information content (AvgIpc) is 3.16. The number of hydrogen-bond acceptors (Lipinski definition) is 4. The van der Waals surface area contributed by atoms with Crippen LogP contribution in [-0.2, 0) is 6.54 Å². The smallest absolute Gasteiger partial charge is 0.274 e. The number of carbonyl (C=O) groups excluding carboxylic acids is 1. The van der Waals surface area contributed by atoms with Gasteiger partial charge in [0.2, 0.25) is 5.78 Å². The molecule has 0 aliphatic heterocycles. The van der Waals surface area contributed by atoms with Crippen LogP contribution < -0.4 is 0 Å². The molecule has 120 valence electrons. The number of carbonyl (C=O) groups is 1. The molecular formula is C17H16N6O. The minimum Gasteiger partial charge on any atom is -0.340 e. The second-order valence-corrected chi connectivity index (χ2v) is 5.82. The largest absolute Gasteiger partial charge is 0.340 e. The van der Waals surface area contributed by atoms with Crippen LogP contribution in [0.15, 0.2) is 42.9 Å². The molecule has 3 aromatic heterocycles. The molecule has 24 heavy (non-hydrogen) atoms. The quantitative estimate of drug-likeness (QED) is 0.627. The highest BCUT2D eigenvalue weighted by Crippen LogP contribution is 2.14. The maximum Gasteiger partial charge on any atom is 0.274 e. The molecule has 4 aromatic rings. The molecule has 0 aliphatic carbocycles. The van der Waals surface area contributed by atoms with Crippen molar-refractivity contribution in [3.8, 4) is 0 Å². The van der Waals surface area contributed by atoms with Crippen LogP contribution in [0.25, 0.3) is 16.8 Å². The van der Waals surface area contributed by atoms with Gasteiger partial charge in [-0.1, -0.05) is 6.07 Å². The molecule has 7 nitrogen and oxygen atoms in total. The van der Waals surface area contributed by atoms with Crippen molar-refractivity contribution in [3.05, 3.63) is 59.9 Å². The molecule has 1 aromatic carbocycles. The zero-order valence-corrected chi connectivity index (χ0v) is 13.4. The van der Waals surface area contributed by atoms with Crippen LogP contribution in [0.3, 0.4) is 0 Å². The fourth-order valence-electron chi connectivity index (χ4n) is 2.68. The van der Waals surface area contributed by atoms with Crippen LogP contribution in [0.2, 0.25) is 0 Å². The van der Waals surface area contributed by atoms with Crippen molar-refractivity contribution in [2.75, 3.05) is 7.05 Å². The van der Waals surface area contributed by atoms with E-state index in [9.17, 15) is 4.79 Å². The number of rotatable bonds is 3. The second kappa shape index (κ2) is 5.45. The molecule has 0 saturated heterocycles. The number of aromatic nitrogens is 5. The van der Waals surface area contributed by atoms with E-state index >= 15 is 0 Å². The molecule has 0 fully saturated rings. The zero-order valence-electron chi connectivity index (χ0n) is 13.4. The molecule has 7 heteroatoms. The van der Waals surface area contributed by atoms with Gasteiger partial charge in [-0.2, -0.15) is 0 Å². The molecule has 0 bridgehead atoms. The maximum atomic E-state index is 12.6. The summed E-state index contributed by atoms with van der Waals surface area (Å²) in [5, 5.41) is 0. The summed E-state index contributed by atoms with van der Waals surface area (Å²) in [6.45, 7) is 2.42. The van der Waals surface area contributed by atoms with E-state index in [4.69, 9.17) is 0 Å². The summed E-state index contributed by atoms with van der Waals surface area (Å²) < 4.78 is 1.73. The summed E-state index contributed by atoms with van der Waals surface area (Å²) in [5.74, 6) is 1.08. The van der Waals surface area contributed by atoms with E-state index in [0.717, 1.165) is 16.9 Å². The summed E-state index contributed by atoms with van der Waals surface area (Å²) in [6, 6.07) is 7.83. The Morgan fingerprint density at radius 2 is 2.21 bits per heavy atom. The normalized spacial score (nSPS) is 11.2. The Bertz CT molecular complexity index is 1010. The highest BCUT2D eigenvalue weighted by atomic mass is 16.2. The number of aromatic amines is 1. The zero-order chi connectivity index (χ0) is 16.7. The van der Waals surface area contributed by atoms with Crippen molar-refractivity contribution in [1.82, 2.24) is 29.2 Å². The fourth-order valence-corrected chi connectivity index (χ4v) is 2.68. The van der Waals surface area contributed by atoms with Crippen molar-refractivity contribution in [3.63, 3.8) is 0 Å². The molecule has 3 heterocycles. The van der Waals surface area contributed by atoms with Gasteiger partial charge in [-0.05, 0) is 30.7 Å². The van der Waals surface area contributed by atoms with Gasteiger partial charge in [-0.15, -0.1) is 0 Å². The van der Waals surface area contributed by atoms with Gasteiger partial charge in [0, 0.05) is 25.6 Å². The van der Waals surface area contributed by atoms with Crippen LogP contribution in [0.1, 0.15) is 21.9 Å². The molecule has 0 spiro atoms. The van der Waals surface area contributed by atoms with Crippen molar-refractivity contribution in [1.29, 1.82) is 0 Å². The molecule has 0 aliphatic rings. The fraction of sp³-hybridized carbons (Fsp3) is 0.176. The summed E-state index contributed by atoms with van der Waals surface area (Å²) in [5.41, 5.74) is 3.40. The lowest BCUT2D eigenvalue weighted by atomic mass is 10.2. The first-order valence-corrected chi connectivity index (χ1v) is 7.60. The third kappa shape index (κ3) is 2.50. The monoisotopic (exact) mass is 320 g/mol. The van der Waals surface area contributed by atoms with Gasteiger partial charge in [0.25, 0.3) is 5.91 Å². The van der Waals surface area contributed by atoms with Crippen LogP contribution in [-0.4, -0.2) is 42.2 Å². The topological polar surface area (TPSA) is 79.2 Å². The molecule has 1 amide bonds. The number of amides is 1. The third-order valence-corrected chi connectivity index (χ3v) is 3.87. The first-order valence-electron chi connectivity index (χ1n) is 7.60. The Balaban J connectivity index is 1.57. The molecule has 0 saturated carbocycles. The van der Waals surface area contributed by atoms with Crippen molar-refractivity contribution < 1.29 is 4.79 Å². The van der Waals surface area contributed by atoms with Crippen molar-refractivity contribution in [2.24, 2.45) is 0 Å². The van der Waals surface area contributed by atoms with Crippen molar-refractivity contribution >= 4 is 22.7 Å². The van der Waals surface area contributed by atoms with E-state index in [2.05, 4.69) is 19.9 Å². The molecule has 0 atom stereocenters. The number of nitrogens with one attached hydrogen (secondary N) is 1.